The zero-order valence-corrected chi connectivity index (χ0v) is 10.9. The summed E-state index contributed by atoms with van der Waals surface area (Å²) in [6, 6.07) is 5.15. The number of halogens is 2. The Morgan fingerprint density at radius 2 is 2.00 bits per heavy atom. The molecule has 4 nitrogen and oxygen atoms in total. The van der Waals surface area contributed by atoms with E-state index in [1.165, 1.54) is 17.8 Å². The number of hydrogen-bond acceptors (Lipinski definition) is 5. The number of aromatic nitrogens is 3. The SMILES string of the molecule is Nc1cc(Cl)nc(SCc2ccc(Cl)nc2)n1. The monoisotopic (exact) mass is 286 g/mol. The number of thioether (sulfide) groups is 1. The minimum absolute atomic E-state index is 0.342. The second-order valence-corrected chi connectivity index (χ2v) is 4.89. The second-order valence-electron chi connectivity index (χ2n) is 3.18. The van der Waals surface area contributed by atoms with Crippen molar-refractivity contribution in [3.05, 3.63) is 40.3 Å². The van der Waals surface area contributed by atoms with E-state index in [1.807, 2.05) is 6.07 Å². The van der Waals surface area contributed by atoms with E-state index < -0.39 is 0 Å². The highest BCUT2D eigenvalue weighted by atomic mass is 35.5. The third-order valence-corrected chi connectivity index (χ3v) is 3.19. The largest absolute Gasteiger partial charge is 0.384 e. The number of nitrogen functional groups attached to an aromatic ring is 1. The van der Waals surface area contributed by atoms with Gasteiger partial charge in [-0.05, 0) is 11.6 Å². The van der Waals surface area contributed by atoms with Crippen LogP contribution in [0.4, 0.5) is 5.82 Å². The van der Waals surface area contributed by atoms with E-state index >= 15 is 0 Å². The summed E-state index contributed by atoms with van der Waals surface area (Å²) in [7, 11) is 0. The number of anilines is 1. The van der Waals surface area contributed by atoms with Crippen LogP contribution in [0.1, 0.15) is 5.56 Å². The Bertz CT molecular complexity index is 498. The first-order valence-electron chi connectivity index (χ1n) is 4.67. The van der Waals surface area contributed by atoms with Crippen molar-refractivity contribution in [2.75, 3.05) is 5.73 Å². The predicted molar refractivity (Wildman–Crippen MR) is 70.3 cm³/mol. The molecule has 0 saturated heterocycles. The molecule has 0 bridgehead atoms. The standard InChI is InChI=1S/C10H8Cl2N4S/c11-7-2-1-6(4-14-7)5-17-10-15-8(12)3-9(13)16-10/h1-4H,5H2,(H2,13,15,16). The smallest absolute Gasteiger partial charge is 0.191 e. The summed E-state index contributed by atoms with van der Waals surface area (Å²) in [6.07, 6.45) is 1.71. The molecule has 0 atom stereocenters. The van der Waals surface area contributed by atoms with E-state index in [1.54, 1.807) is 12.3 Å². The van der Waals surface area contributed by atoms with Crippen molar-refractivity contribution in [2.24, 2.45) is 0 Å². The summed E-state index contributed by atoms with van der Waals surface area (Å²) in [5.74, 6) is 1.05. The molecule has 0 radical (unpaired) electrons. The lowest BCUT2D eigenvalue weighted by Crippen LogP contribution is -1.95. The molecule has 2 N–H and O–H groups in total. The van der Waals surface area contributed by atoms with Gasteiger partial charge in [-0.25, -0.2) is 15.0 Å². The van der Waals surface area contributed by atoms with Crippen molar-refractivity contribution in [2.45, 2.75) is 10.9 Å². The van der Waals surface area contributed by atoms with E-state index in [9.17, 15) is 0 Å². The van der Waals surface area contributed by atoms with Gasteiger partial charge in [0.25, 0.3) is 0 Å². The average molecular weight is 287 g/mol. The van der Waals surface area contributed by atoms with Gasteiger partial charge in [0, 0.05) is 18.0 Å². The molecule has 0 unspecified atom stereocenters. The molecule has 0 amide bonds. The molecule has 0 fully saturated rings. The molecule has 2 aromatic rings. The van der Waals surface area contributed by atoms with Crippen LogP contribution < -0.4 is 5.73 Å². The average Bonchev–Trinajstić information content (AvgIpc) is 2.27. The van der Waals surface area contributed by atoms with Gasteiger partial charge in [0.05, 0.1) is 0 Å². The van der Waals surface area contributed by atoms with Crippen molar-refractivity contribution in [3.8, 4) is 0 Å². The molecule has 0 aromatic carbocycles. The lowest BCUT2D eigenvalue weighted by molar-refractivity contribution is 0.975. The third kappa shape index (κ3) is 3.73. The first-order valence-corrected chi connectivity index (χ1v) is 6.41. The first kappa shape index (κ1) is 12.4. The zero-order chi connectivity index (χ0) is 12.3. The van der Waals surface area contributed by atoms with Crippen LogP contribution in [0.3, 0.4) is 0 Å². The zero-order valence-electron chi connectivity index (χ0n) is 8.60. The molecule has 0 aliphatic rings. The Morgan fingerprint density at radius 1 is 1.18 bits per heavy atom. The highest BCUT2D eigenvalue weighted by Gasteiger charge is 2.03. The van der Waals surface area contributed by atoms with Crippen molar-refractivity contribution in [1.29, 1.82) is 0 Å². The Kier molecular flexibility index (Phi) is 4.04. The summed E-state index contributed by atoms with van der Waals surface area (Å²) in [4.78, 5) is 12.1. The maximum Gasteiger partial charge on any atom is 0.191 e. The molecule has 0 aliphatic carbocycles. The lowest BCUT2D eigenvalue weighted by Gasteiger charge is -2.02. The van der Waals surface area contributed by atoms with Crippen molar-refractivity contribution >= 4 is 40.8 Å². The molecule has 17 heavy (non-hydrogen) atoms. The van der Waals surface area contributed by atoms with Crippen LogP contribution in [-0.4, -0.2) is 15.0 Å². The topological polar surface area (TPSA) is 64.7 Å². The van der Waals surface area contributed by atoms with Crippen molar-refractivity contribution < 1.29 is 0 Å². The van der Waals surface area contributed by atoms with Gasteiger partial charge in [-0.3, -0.25) is 0 Å². The van der Waals surface area contributed by atoms with Crippen molar-refractivity contribution in [1.82, 2.24) is 15.0 Å². The van der Waals surface area contributed by atoms with Crippen LogP contribution >= 0.6 is 35.0 Å². The highest BCUT2D eigenvalue weighted by Crippen LogP contribution is 2.22. The van der Waals surface area contributed by atoms with Crippen LogP contribution in [0.15, 0.2) is 29.6 Å². The number of pyridine rings is 1. The maximum atomic E-state index is 5.78. The minimum atomic E-state index is 0.342. The van der Waals surface area contributed by atoms with Gasteiger partial charge in [0.15, 0.2) is 5.16 Å². The van der Waals surface area contributed by atoms with Gasteiger partial charge < -0.3 is 5.73 Å². The lowest BCUT2D eigenvalue weighted by atomic mass is 10.3. The fraction of sp³-hybridized carbons (Fsp3) is 0.100. The molecule has 0 saturated carbocycles. The van der Waals surface area contributed by atoms with Gasteiger partial charge in [0.2, 0.25) is 0 Å². The second kappa shape index (κ2) is 5.53. The van der Waals surface area contributed by atoms with Crippen LogP contribution in [0.25, 0.3) is 0 Å². The third-order valence-electron chi connectivity index (χ3n) is 1.85. The Balaban J connectivity index is 2.04. The van der Waals surface area contributed by atoms with Crippen LogP contribution in [0.2, 0.25) is 10.3 Å². The van der Waals surface area contributed by atoms with Gasteiger partial charge in [-0.1, -0.05) is 41.0 Å². The van der Waals surface area contributed by atoms with Gasteiger partial charge in [-0.15, -0.1) is 0 Å². The number of hydrogen-bond donors (Lipinski definition) is 1. The fourth-order valence-electron chi connectivity index (χ4n) is 1.12. The molecular weight excluding hydrogens is 279 g/mol. The van der Waals surface area contributed by atoms with Gasteiger partial charge in [-0.2, -0.15) is 0 Å². The molecule has 88 valence electrons. The molecule has 7 heteroatoms. The Hall–Kier alpha value is -1.04. The van der Waals surface area contributed by atoms with E-state index in [2.05, 4.69) is 15.0 Å². The first-order chi connectivity index (χ1) is 8.13. The van der Waals surface area contributed by atoms with E-state index in [0.29, 0.717) is 27.0 Å². The summed E-state index contributed by atoms with van der Waals surface area (Å²) in [5, 5.41) is 1.36. The minimum Gasteiger partial charge on any atom is -0.384 e. The molecular formula is C10H8Cl2N4S. The quantitative estimate of drug-likeness (QED) is 0.407. The Morgan fingerprint density at radius 3 is 2.65 bits per heavy atom. The Labute approximate surface area is 113 Å². The van der Waals surface area contributed by atoms with E-state index in [-0.39, 0.29) is 0 Å². The summed E-state index contributed by atoms with van der Waals surface area (Å²) >= 11 is 12.9. The van der Waals surface area contributed by atoms with Crippen LogP contribution in [-0.2, 0) is 5.75 Å². The highest BCUT2D eigenvalue weighted by molar-refractivity contribution is 7.98. The molecule has 2 heterocycles. The number of nitrogens with two attached hydrogens (primary N) is 1. The van der Waals surface area contributed by atoms with Crippen LogP contribution in [0.5, 0.6) is 0 Å². The molecule has 0 spiro atoms. The number of rotatable bonds is 3. The van der Waals surface area contributed by atoms with E-state index in [0.717, 1.165) is 5.56 Å². The maximum absolute atomic E-state index is 5.78. The summed E-state index contributed by atoms with van der Waals surface area (Å²) < 4.78 is 0. The van der Waals surface area contributed by atoms with Crippen molar-refractivity contribution in [3.63, 3.8) is 0 Å². The normalized spacial score (nSPS) is 10.5. The fourth-order valence-corrected chi connectivity index (χ4v) is 2.27. The molecule has 2 aromatic heterocycles. The number of nitrogens with zero attached hydrogens (tertiary/aromatic N) is 3. The molecule has 2 rings (SSSR count). The summed E-state index contributed by atoms with van der Waals surface area (Å²) in [5.41, 5.74) is 6.60. The summed E-state index contributed by atoms with van der Waals surface area (Å²) in [6.45, 7) is 0. The van der Waals surface area contributed by atoms with E-state index in [4.69, 9.17) is 28.9 Å². The van der Waals surface area contributed by atoms with Gasteiger partial charge >= 0.3 is 0 Å². The predicted octanol–water partition coefficient (Wildman–Crippen LogP) is 3.05. The molecule has 0 aliphatic heterocycles. The van der Waals surface area contributed by atoms with Gasteiger partial charge in [0.1, 0.15) is 16.1 Å². The van der Waals surface area contributed by atoms with Crippen LogP contribution in [0, 0.1) is 0 Å².